The average molecular weight is 651 g/mol. The Morgan fingerprint density at radius 2 is 1.34 bits per heavy atom. The van der Waals surface area contributed by atoms with Gasteiger partial charge in [0.05, 0.1) is 30.2 Å². The summed E-state index contributed by atoms with van der Waals surface area (Å²) in [6.07, 6.45) is 4.64. The third-order valence-corrected chi connectivity index (χ3v) is 8.35. The van der Waals surface area contributed by atoms with E-state index in [-0.39, 0.29) is 16.4 Å². The maximum Gasteiger partial charge on any atom is 0.273 e. The zero-order chi connectivity index (χ0) is 35.2. The van der Waals surface area contributed by atoms with E-state index in [1.807, 2.05) is 36.4 Å². The van der Waals surface area contributed by atoms with Crippen LogP contribution in [0.3, 0.4) is 0 Å². The molecule has 2 N–H and O–H groups in total. The Kier molecular flexibility index (Phi) is 12.2. The zero-order valence-electron chi connectivity index (χ0n) is 29.3. The fourth-order valence-corrected chi connectivity index (χ4v) is 5.20. The van der Waals surface area contributed by atoms with Crippen molar-refractivity contribution in [3.05, 3.63) is 92.3 Å². The second-order valence-electron chi connectivity index (χ2n) is 14.2. The molecule has 0 fully saturated rings. The summed E-state index contributed by atoms with van der Waals surface area (Å²) in [4.78, 5) is 15.4. The Hall–Kier alpha value is -3.98. The second-order valence-corrected chi connectivity index (χ2v) is 14.2. The van der Waals surface area contributed by atoms with Gasteiger partial charge in [-0.15, -0.1) is 0 Å². The molecule has 0 saturated heterocycles. The van der Waals surface area contributed by atoms with Gasteiger partial charge < -0.3 is 19.7 Å². The van der Waals surface area contributed by atoms with E-state index in [1.165, 1.54) is 0 Å². The topological polar surface area (TPSA) is 114 Å². The van der Waals surface area contributed by atoms with Gasteiger partial charge in [-0.05, 0) is 66.0 Å². The molecule has 0 heterocycles. The first-order valence-corrected chi connectivity index (χ1v) is 16.4. The highest BCUT2D eigenvalue weighted by Gasteiger charge is 2.43. The summed E-state index contributed by atoms with van der Waals surface area (Å²) in [5, 5.41) is 35.2. The highest BCUT2D eigenvalue weighted by atomic mass is 19.1. The molecule has 9 heteroatoms. The fourth-order valence-electron chi connectivity index (χ4n) is 5.20. The van der Waals surface area contributed by atoms with Crippen molar-refractivity contribution in [2.24, 2.45) is 4.99 Å². The Morgan fingerprint density at radius 1 is 0.872 bits per heavy atom. The molecule has 0 bridgehead atoms. The molecule has 256 valence electrons. The molecule has 0 saturated carbocycles. The lowest BCUT2D eigenvalue weighted by Gasteiger charge is -2.37. The molecule has 47 heavy (non-hydrogen) atoms. The SMILES string of the molecule is CCCCOc1ccc(C(C)(C)C)cc1C(O)(c1cc(C(C)(C)C)ccc1OCCCC)[C@@H](C)N=Cc1cc([N+](=O)[O-])cc(F)c1O. The minimum Gasteiger partial charge on any atom is -0.504 e. The molecule has 3 aromatic carbocycles. The van der Waals surface area contributed by atoms with Gasteiger partial charge in [0.1, 0.15) is 17.1 Å². The number of aromatic hydroxyl groups is 1. The predicted octanol–water partition coefficient (Wildman–Crippen LogP) is 9.14. The van der Waals surface area contributed by atoms with Crippen LogP contribution in [0.4, 0.5) is 10.1 Å². The smallest absolute Gasteiger partial charge is 0.273 e. The number of nitro groups is 1. The number of aliphatic hydroxyl groups is 1. The maximum absolute atomic E-state index is 14.5. The van der Waals surface area contributed by atoms with Crippen LogP contribution in [0, 0.1) is 15.9 Å². The number of halogens is 1. The van der Waals surface area contributed by atoms with Crippen molar-refractivity contribution >= 4 is 11.9 Å². The van der Waals surface area contributed by atoms with Crippen molar-refractivity contribution in [1.82, 2.24) is 0 Å². The quantitative estimate of drug-likeness (QED) is 0.0778. The minimum absolute atomic E-state index is 0.184. The van der Waals surface area contributed by atoms with E-state index in [9.17, 15) is 24.7 Å². The molecule has 0 aromatic heterocycles. The summed E-state index contributed by atoms with van der Waals surface area (Å²) in [6.45, 7) is 19.3. The predicted molar refractivity (Wildman–Crippen MR) is 186 cm³/mol. The van der Waals surface area contributed by atoms with Crippen LogP contribution in [0.25, 0.3) is 0 Å². The monoisotopic (exact) mass is 650 g/mol. The first-order valence-electron chi connectivity index (χ1n) is 16.4. The van der Waals surface area contributed by atoms with Crippen LogP contribution >= 0.6 is 0 Å². The molecule has 0 aliphatic rings. The van der Waals surface area contributed by atoms with Crippen LogP contribution in [0.5, 0.6) is 17.2 Å². The van der Waals surface area contributed by atoms with E-state index >= 15 is 0 Å². The second kappa shape index (κ2) is 15.3. The number of hydrogen-bond acceptors (Lipinski definition) is 7. The van der Waals surface area contributed by atoms with Crippen molar-refractivity contribution in [2.75, 3.05) is 13.2 Å². The molecule has 0 radical (unpaired) electrons. The largest absolute Gasteiger partial charge is 0.504 e. The van der Waals surface area contributed by atoms with Gasteiger partial charge >= 0.3 is 0 Å². The number of non-ortho nitro benzene ring substituents is 1. The van der Waals surface area contributed by atoms with Crippen LogP contribution in [-0.4, -0.2) is 40.6 Å². The van der Waals surface area contributed by atoms with Gasteiger partial charge in [0.15, 0.2) is 11.6 Å². The van der Waals surface area contributed by atoms with Gasteiger partial charge in [0.25, 0.3) is 5.69 Å². The summed E-state index contributed by atoms with van der Waals surface area (Å²) in [5.74, 6) is -0.939. The summed E-state index contributed by atoms with van der Waals surface area (Å²) < 4.78 is 27.1. The van der Waals surface area contributed by atoms with Gasteiger partial charge in [-0.3, -0.25) is 15.1 Å². The number of benzene rings is 3. The molecule has 0 amide bonds. The number of rotatable bonds is 14. The Morgan fingerprint density at radius 3 is 1.74 bits per heavy atom. The number of phenols is 1. The lowest BCUT2D eigenvalue weighted by Crippen LogP contribution is -2.39. The first kappa shape index (κ1) is 37.5. The summed E-state index contributed by atoms with van der Waals surface area (Å²) in [5.41, 5.74) is -0.244. The highest BCUT2D eigenvalue weighted by Crippen LogP contribution is 2.46. The molecular formula is C38H51FN2O6. The lowest BCUT2D eigenvalue weighted by atomic mass is 9.75. The van der Waals surface area contributed by atoms with Gasteiger partial charge in [-0.25, -0.2) is 4.39 Å². The minimum atomic E-state index is -1.86. The Labute approximate surface area is 278 Å². The number of hydrogen-bond donors (Lipinski definition) is 2. The molecule has 0 unspecified atom stereocenters. The van der Waals surface area contributed by atoms with Crippen molar-refractivity contribution < 1.29 is 29.0 Å². The molecule has 1 atom stereocenters. The Bertz CT molecular complexity index is 1500. The van der Waals surface area contributed by atoms with Crippen molar-refractivity contribution in [3.8, 4) is 17.2 Å². The van der Waals surface area contributed by atoms with Crippen LogP contribution in [-0.2, 0) is 16.4 Å². The number of ether oxygens (including phenoxy) is 2. The highest BCUT2D eigenvalue weighted by molar-refractivity contribution is 5.85. The zero-order valence-corrected chi connectivity index (χ0v) is 29.3. The third-order valence-electron chi connectivity index (χ3n) is 8.35. The van der Waals surface area contributed by atoms with Crippen LogP contribution < -0.4 is 9.47 Å². The summed E-state index contributed by atoms with van der Waals surface area (Å²) >= 11 is 0. The molecular weight excluding hydrogens is 599 g/mol. The van der Waals surface area contributed by atoms with Gasteiger partial charge in [0, 0.05) is 29.0 Å². The van der Waals surface area contributed by atoms with E-state index in [1.54, 1.807) is 6.92 Å². The lowest BCUT2D eigenvalue weighted by molar-refractivity contribution is -0.385. The van der Waals surface area contributed by atoms with Crippen LogP contribution in [0.1, 0.15) is 116 Å². The molecule has 3 aromatic rings. The third kappa shape index (κ3) is 8.89. The van der Waals surface area contributed by atoms with Gasteiger partial charge in [0.2, 0.25) is 0 Å². The summed E-state index contributed by atoms with van der Waals surface area (Å²) in [6, 6.07) is 12.3. The number of phenolic OH excluding ortho intramolecular Hbond substituents is 1. The van der Waals surface area contributed by atoms with Gasteiger partial charge in [-0.2, -0.15) is 0 Å². The van der Waals surface area contributed by atoms with Crippen LogP contribution in [0.15, 0.2) is 53.5 Å². The van der Waals surface area contributed by atoms with E-state index < -0.39 is 33.8 Å². The number of unbranched alkanes of at least 4 members (excludes halogenated alkanes) is 2. The molecule has 0 aliphatic carbocycles. The molecule has 0 spiro atoms. The number of aliphatic imine (C=N–C) groups is 1. The number of nitro benzene ring substituents is 1. The maximum atomic E-state index is 14.5. The van der Waals surface area contributed by atoms with Crippen molar-refractivity contribution in [1.29, 1.82) is 0 Å². The first-order chi connectivity index (χ1) is 21.9. The van der Waals surface area contributed by atoms with Gasteiger partial charge in [-0.1, -0.05) is 80.4 Å². The molecule has 8 nitrogen and oxygen atoms in total. The average Bonchev–Trinajstić information content (AvgIpc) is 3.00. The van der Waals surface area contributed by atoms with E-state index in [4.69, 9.17) is 9.47 Å². The van der Waals surface area contributed by atoms with E-state index in [2.05, 4.69) is 60.4 Å². The van der Waals surface area contributed by atoms with Crippen molar-refractivity contribution in [3.63, 3.8) is 0 Å². The van der Waals surface area contributed by atoms with E-state index in [0.29, 0.717) is 41.9 Å². The van der Waals surface area contributed by atoms with Crippen molar-refractivity contribution in [2.45, 2.75) is 110 Å². The van der Waals surface area contributed by atoms with E-state index in [0.717, 1.165) is 49.1 Å². The normalized spacial score (nSPS) is 13.2. The molecule has 3 rings (SSSR count). The Balaban J connectivity index is 2.41. The van der Waals surface area contributed by atoms with Crippen LogP contribution in [0.2, 0.25) is 0 Å². The fraction of sp³-hybridized carbons (Fsp3) is 0.500. The number of nitrogens with zero attached hydrogens (tertiary/aromatic N) is 2. The standard InChI is InChI=1S/C38H51FN2O6/c1-10-12-18-46-33-16-14-27(36(4,5)6)21-30(33)38(43,25(3)40-24-26-20-29(41(44)45)23-32(39)35(26)42)31-22-28(37(7,8)9)15-17-34(31)47-19-13-11-2/h14-17,20-25,42-43H,10-13,18-19H2,1-9H3/t25-/m1/s1. The summed E-state index contributed by atoms with van der Waals surface area (Å²) in [7, 11) is 0. The molecule has 0 aliphatic heterocycles.